The molecule has 0 aliphatic carbocycles. The Morgan fingerprint density at radius 2 is 2.06 bits per heavy atom. The normalized spacial score (nSPS) is 16.7. The number of aromatic amines is 1. The van der Waals surface area contributed by atoms with Crippen LogP contribution in [-0.4, -0.2) is 44.0 Å². The number of carboxylic acid groups (broad SMARTS) is 1. The number of halogens is 4. The number of alkyl halides is 3. The van der Waals surface area contributed by atoms with E-state index in [2.05, 4.69) is 15.2 Å². The van der Waals surface area contributed by atoms with Crippen LogP contribution in [0.2, 0.25) is 5.02 Å². The predicted molar refractivity (Wildman–Crippen MR) is 131 cm³/mol. The van der Waals surface area contributed by atoms with Crippen molar-refractivity contribution in [1.29, 1.82) is 0 Å². The second-order valence-electron chi connectivity index (χ2n) is 8.30. The molecule has 2 aromatic carbocycles. The van der Waals surface area contributed by atoms with Crippen molar-refractivity contribution in [1.82, 2.24) is 15.2 Å². The van der Waals surface area contributed by atoms with E-state index in [0.29, 0.717) is 30.5 Å². The van der Waals surface area contributed by atoms with Crippen LogP contribution in [0.25, 0.3) is 22.6 Å². The number of aromatic hydroxyl groups is 1. The second-order valence-corrected chi connectivity index (χ2v) is 9.71. The molecule has 12 heteroatoms. The fourth-order valence-corrected chi connectivity index (χ4v) is 5.54. The van der Waals surface area contributed by atoms with E-state index >= 15 is 0 Å². The van der Waals surface area contributed by atoms with E-state index in [4.69, 9.17) is 11.6 Å². The van der Waals surface area contributed by atoms with Crippen LogP contribution in [0.1, 0.15) is 34.4 Å². The molecule has 0 bridgehead atoms. The first-order valence-corrected chi connectivity index (χ1v) is 12.0. The summed E-state index contributed by atoms with van der Waals surface area (Å²) in [5.74, 6) is -1.40. The Morgan fingerprint density at radius 1 is 1.25 bits per heavy atom. The zero-order chi connectivity index (χ0) is 25.6. The van der Waals surface area contributed by atoms with Gasteiger partial charge in [0.05, 0.1) is 17.3 Å². The van der Waals surface area contributed by atoms with Gasteiger partial charge in [0.2, 0.25) is 5.88 Å². The summed E-state index contributed by atoms with van der Waals surface area (Å²) in [4.78, 5) is 17.7. The summed E-state index contributed by atoms with van der Waals surface area (Å²) in [7, 11) is 0. The number of carboxylic acids is 1. The van der Waals surface area contributed by atoms with E-state index < -0.39 is 29.6 Å². The zero-order valence-corrected chi connectivity index (χ0v) is 20.0. The fourth-order valence-electron chi connectivity index (χ4n) is 4.30. The van der Waals surface area contributed by atoms with Crippen molar-refractivity contribution in [3.05, 3.63) is 69.2 Å². The third kappa shape index (κ3) is 4.51. The maximum Gasteiger partial charge on any atom is 0.417 e. The molecular formula is C24H18ClF3N4O3S. The molecule has 36 heavy (non-hydrogen) atoms. The van der Waals surface area contributed by atoms with Gasteiger partial charge in [-0.1, -0.05) is 35.1 Å². The van der Waals surface area contributed by atoms with Gasteiger partial charge in [-0.15, -0.1) is 0 Å². The maximum absolute atomic E-state index is 13.8. The minimum Gasteiger partial charge on any atom is -0.492 e. The van der Waals surface area contributed by atoms with Crippen LogP contribution in [0.5, 0.6) is 5.88 Å². The molecule has 1 aliphatic heterocycles. The Balaban J connectivity index is 1.69. The predicted octanol–water partition coefficient (Wildman–Crippen LogP) is 6.04. The van der Waals surface area contributed by atoms with Gasteiger partial charge < -0.3 is 15.1 Å². The second kappa shape index (κ2) is 9.14. The van der Waals surface area contributed by atoms with E-state index in [0.717, 1.165) is 28.3 Å². The summed E-state index contributed by atoms with van der Waals surface area (Å²) in [5.41, 5.74) is 0.475. The van der Waals surface area contributed by atoms with Crippen molar-refractivity contribution in [2.75, 3.05) is 11.4 Å². The van der Waals surface area contributed by atoms with Gasteiger partial charge in [0.15, 0.2) is 5.13 Å². The summed E-state index contributed by atoms with van der Waals surface area (Å²) >= 11 is 6.88. The number of aliphatic carboxylic acids is 1. The van der Waals surface area contributed by atoms with Gasteiger partial charge in [-0.3, -0.25) is 5.10 Å². The van der Waals surface area contributed by atoms with Crippen LogP contribution in [0.4, 0.5) is 18.3 Å². The molecular weight excluding hydrogens is 517 g/mol. The van der Waals surface area contributed by atoms with Crippen LogP contribution in [0.3, 0.4) is 0 Å². The molecule has 0 amide bonds. The van der Waals surface area contributed by atoms with Crippen LogP contribution >= 0.6 is 22.9 Å². The highest BCUT2D eigenvalue weighted by molar-refractivity contribution is 7.17. The fraction of sp³-hybridized carbons (Fsp3) is 0.208. The number of nitrogens with one attached hydrogen (secondary N) is 1. The number of benzene rings is 2. The number of thiazole rings is 1. The number of carbonyl (C=O) groups is 1. The highest BCUT2D eigenvalue weighted by Gasteiger charge is 2.35. The Morgan fingerprint density at radius 3 is 2.81 bits per heavy atom. The van der Waals surface area contributed by atoms with Crippen molar-refractivity contribution in [2.45, 2.75) is 25.1 Å². The lowest BCUT2D eigenvalue weighted by Gasteiger charge is -2.19. The summed E-state index contributed by atoms with van der Waals surface area (Å²) in [6.45, 7) is 0.443. The summed E-state index contributed by atoms with van der Waals surface area (Å²) < 4.78 is 41.5. The van der Waals surface area contributed by atoms with Gasteiger partial charge in [0, 0.05) is 22.5 Å². The van der Waals surface area contributed by atoms with E-state index in [9.17, 15) is 28.2 Å². The molecule has 3 N–H and O–H groups in total. The number of fused-ring (bicyclic) bond motifs is 1. The average Bonchev–Trinajstić information content (AvgIpc) is 3.56. The largest absolute Gasteiger partial charge is 0.492 e. The molecule has 3 heterocycles. The minimum atomic E-state index is -4.67. The number of rotatable bonds is 5. The minimum absolute atomic E-state index is 0.0579. The van der Waals surface area contributed by atoms with Gasteiger partial charge in [0.25, 0.3) is 0 Å². The number of nitrogens with zero attached hydrogens (tertiary/aromatic N) is 3. The van der Waals surface area contributed by atoms with Gasteiger partial charge in [-0.05, 0) is 54.3 Å². The molecule has 0 spiro atoms. The van der Waals surface area contributed by atoms with Crippen molar-refractivity contribution in [3.63, 3.8) is 0 Å². The van der Waals surface area contributed by atoms with Crippen LogP contribution in [0, 0.1) is 0 Å². The highest BCUT2D eigenvalue weighted by Crippen LogP contribution is 2.43. The molecule has 1 aliphatic rings. The summed E-state index contributed by atoms with van der Waals surface area (Å²) in [6, 6.07) is 7.86. The number of aromatic nitrogens is 3. The molecule has 186 valence electrons. The summed E-state index contributed by atoms with van der Waals surface area (Å²) in [6.07, 6.45) is -0.673. The first-order valence-electron chi connectivity index (χ1n) is 10.8. The lowest BCUT2D eigenvalue weighted by atomic mass is 9.98. The molecule has 4 aromatic rings. The monoisotopic (exact) mass is 534 g/mol. The number of hydrogen-bond donors (Lipinski definition) is 3. The Hall–Kier alpha value is -3.57. The molecule has 1 saturated heterocycles. The number of H-pyrrole nitrogens is 1. The standard InChI is InChI=1S/C24H18ClF3N4O3S/c25-15-5-3-13(17(10-15)24(26,27)28)9-16(12-4-6-18-14(8-12)11-29-31-18)20-21(33)30-23(36-20)32-7-1-2-19(32)22(34)35/h3-6,8-11,19,33H,1-2,7H2,(H,29,31)(H,34,35)/t19-/m0/s1. The molecule has 7 nitrogen and oxygen atoms in total. The van der Waals surface area contributed by atoms with Crippen LogP contribution < -0.4 is 4.90 Å². The van der Waals surface area contributed by atoms with E-state index in [1.165, 1.54) is 18.2 Å². The van der Waals surface area contributed by atoms with E-state index in [-0.39, 0.29) is 20.6 Å². The third-order valence-corrected chi connectivity index (χ3v) is 7.35. The third-order valence-electron chi connectivity index (χ3n) is 6.00. The first-order chi connectivity index (χ1) is 17.1. The van der Waals surface area contributed by atoms with Crippen molar-refractivity contribution in [2.24, 2.45) is 0 Å². The van der Waals surface area contributed by atoms with Crippen molar-refractivity contribution >= 4 is 56.6 Å². The van der Waals surface area contributed by atoms with Gasteiger partial charge in [-0.2, -0.15) is 23.3 Å². The molecule has 2 aromatic heterocycles. The van der Waals surface area contributed by atoms with E-state index in [1.54, 1.807) is 29.3 Å². The van der Waals surface area contributed by atoms with Crippen molar-refractivity contribution in [3.8, 4) is 5.88 Å². The maximum atomic E-state index is 13.8. The molecule has 5 rings (SSSR count). The SMILES string of the molecule is O=C(O)[C@@H]1CCCN1c1nc(O)c(C(=Cc2ccc(Cl)cc2C(F)(F)F)c2ccc3[nH]ncc3c2)s1. The zero-order valence-electron chi connectivity index (χ0n) is 18.4. The Labute approximate surface area is 211 Å². The summed E-state index contributed by atoms with van der Waals surface area (Å²) in [5, 5.41) is 28.1. The van der Waals surface area contributed by atoms with E-state index in [1.807, 2.05) is 0 Å². The topological polar surface area (TPSA) is 102 Å². The van der Waals surface area contributed by atoms with Crippen molar-refractivity contribution < 1.29 is 28.2 Å². The van der Waals surface area contributed by atoms with Crippen LogP contribution in [0.15, 0.2) is 42.6 Å². The lowest BCUT2D eigenvalue weighted by molar-refractivity contribution is -0.139. The quantitative estimate of drug-likeness (QED) is 0.270. The molecule has 0 unspecified atom stereocenters. The van der Waals surface area contributed by atoms with Gasteiger partial charge >= 0.3 is 12.1 Å². The molecule has 0 saturated carbocycles. The molecule has 1 fully saturated rings. The number of anilines is 1. The Bertz CT molecular complexity index is 1500. The molecule has 0 radical (unpaired) electrons. The average molecular weight is 535 g/mol. The highest BCUT2D eigenvalue weighted by atomic mass is 35.5. The Kier molecular flexibility index (Phi) is 6.13. The van der Waals surface area contributed by atoms with Gasteiger partial charge in [-0.25, -0.2) is 4.79 Å². The lowest BCUT2D eigenvalue weighted by Crippen LogP contribution is -2.35. The first kappa shape index (κ1) is 24.1. The van der Waals surface area contributed by atoms with Gasteiger partial charge in [0.1, 0.15) is 10.9 Å². The van der Waals surface area contributed by atoms with Crippen LogP contribution in [-0.2, 0) is 11.0 Å². The smallest absolute Gasteiger partial charge is 0.417 e. The number of hydrogen-bond acceptors (Lipinski definition) is 6. The molecule has 1 atom stereocenters.